The monoisotopic (exact) mass is 449 g/mol. The highest BCUT2D eigenvalue weighted by Crippen LogP contribution is 2.37. The molecule has 0 unspecified atom stereocenters. The number of pyridine rings is 1. The number of aliphatic hydroxyl groups is 2. The van der Waals surface area contributed by atoms with Crippen LogP contribution in [0.3, 0.4) is 0 Å². The van der Waals surface area contributed by atoms with Crippen LogP contribution < -0.4 is 10.3 Å². The summed E-state index contributed by atoms with van der Waals surface area (Å²) in [5, 5.41) is 20.3. The first-order valence-corrected chi connectivity index (χ1v) is 10.7. The number of aliphatic hydroxyl groups excluding tert-OH is 2. The smallest absolute Gasteiger partial charge is 0.388 e. The van der Waals surface area contributed by atoms with Gasteiger partial charge in [0.2, 0.25) is 0 Å². The lowest BCUT2D eigenvalue weighted by molar-refractivity contribution is -0.765. The minimum absolute atomic E-state index is 0.0394. The van der Waals surface area contributed by atoms with Crippen molar-refractivity contribution in [2.45, 2.75) is 50.8 Å². The van der Waals surface area contributed by atoms with E-state index in [1.54, 1.807) is 6.92 Å². The lowest BCUT2D eigenvalue weighted by atomic mass is 10.0. The van der Waals surface area contributed by atoms with Crippen LogP contribution in [0.15, 0.2) is 24.5 Å². The molecule has 168 valence electrons. The van der Waals surface area contributed by atoms with Gasteiger partial charge >= 0.3 is 19.8 Å². The van der Waals surface area contributed by atoms with Gasteiger partial charge in [0.25, 0.3) is 6.23 Å². The van der Waals surface area contributed by atoms with Crippen molar-refractivity contribution in [2.24, 2.45) is 11.7 Å². The topological polar surface area (TPSA) is 190 Å². The number of carbonyl (C=O) groups excluding carboxylic acids is 2. The zero-order chi connectivity index (χ0) is 22.6. The lowest BCUT2D eigenvalue weighted by Gasteiger charge is -2.15. The number of nitrogens with two attached hydrogens (primary N) is 1. The minimum Gasteiger partial charge on any atom is -0.388 e. The highest BCUT2D eigenvalue weighted by atomic mass is 31.2. The largest absolute Gasteiger partial charge is 0.469 e. The van der Waals surface area contributed by atoms with Gasteiger partial charge in [-0.25, -0.2) is 14.2 Å². The van der Waals surface area contributed by atoms with Gasteiger partial charge in [0, 0.05) is 6.07 Å². The number of carbonyl (C=O) groups is 2. The summed E-state index contributed by atoms with van der Waals surface area (Å²) in [5.41, 5.74) is 5.72. The van der Waals surface area contributed by atoms with Crippen LogP contribution in [0.4, 0.5) is 0 Å². The molecule has 1 fully saturated rings. The number of hydrogen-bond donors (Lipinski definition) is 5. The number of ether oxygens (including phenoxy) is 2. The van der Waals surface area contributed by atoms with Crippen LogP contribution >= 0.6 is 7.82 Å². The number of phosphoric acid groups is 1. The summed E-state index contributed by atoms with van der Waals surface area (Å²) < 4.78 is 26.6. The molecule has 0 aromatic carbocycles. The van der Waals surface area contributed by atoms with Gasteiger partial charge in [0.05, 0.1) is 6.61 Å². The molecule has 6 atom stereocenters. The molecule has 0 saturated carbocycles. The highest BCUT2D eigenvalue weighted by molar-refractivity contribution is 7.46. The molecule has 12 nitrogen and oxygen atoms in total. The molecule has 2 heterocycles. The molecular formula is C17H26N2O10P+. The van der Waals surface area contributed by atoms with E-state index in [2.05, 4.69) is 4.52 Å². The fourth-order valence-corrected chi connectivity index (χ4v) is 3.10. The molecular weight excluding hydrogens is 423 g/mol. The van der Waals surface area contributed by atoms with Crippen molar-refractivity contribution in [2.75, 3.05) is 6.61 Å². The summed E-state index contributed by atoms with van der Waals surface area (Å²) >= 11 is 0. The van der Waals surface area contributed by atoms with Crippen LogP contribution in [0.25, 0.3) is 0 Å². The minimum atomic E-state index is -4.79. The van der Waals surface area contributed by atoms with Gasteiger partial charge in [-0.2, -0.15) is 4.57 Å². The second-order valence-corrected chi connectivity index (χ2v) is 8.23. The summed E-state index contributed by atoms with van der Waals surface area (Å²) in [4.78, 5) is 41.8. The Hall–Kier alpha value is -1.76. The zero-order valence-electron chi connectivity index (χ0n) is 16.4. The Kier molecular flexibility index (Phi) is 8.20. The lowest BCUT2D eigenvalue weighted by Crippen LogP contribution is -2.46. The van der Waals surface area contributed by atoms with Crippen LogP contribution in [0.5, 0.6) is 0 Å². The summed E-state index contributed by atoms with van der Waals surface area (Å²) in [6.07, 6.45) is -2.10. The summed E-state index contributed by atoms with van der Waals surface area (Å²) in [5.74, 6) is -2.00. The Morgan fingerprint density at radius 2 is 2.00 bits per heavy atom. The average molecular weight is 449 g/mol. The second kappa shape index (κ2) is 10.0. The normalized spacial score (nSPS) is 26.2. The molecule has 1 aliphatic heterocycles. The Morgan fingerprint density at radius 3 is 2.60 bits per heavy atom. The fraction of sp³-hybridized carbons (Fsp3) is 0.588. The van der Waals surface area contributed by atoms with Gasteiger partial charge in [-0.05, 0) is 12.0 Å². The summed E-state index contributed by atoms with van der Waals surface area (Å²) in [7, 11) is -4.79. The number of aromatic nitrogens is 1. The predicted molar refractivity (Wildman–Crippen MR) is 98.4 cm³/mol. The van der Waals surface area contributed by atoms with E-state index in [1.807, 2.05) is 6.92 Å². The third-order valence-corrected chi connectivity index (χ3v) is 5.30. The number of nitrogens with zero attached hydrogens (tertiary/aromatic N) is 1. The van der Waals surface area contributed by atoms with E-state index in [9.17, 15) is 24.4 Å². The Balaban J connectivity index is 2.10. The standard InChI is InChI=1S/C17H25N2O10P/c1-3-9(2)12(18)17(23)29-16(22)10-5-4-6-19(7-10)15-14(21)13(20)11(28-15)8-27-30(24,25)26/h4-7,9,11-15,20-21H,3,8,18H2,1-2H3,(H-,24,25,26)/p+1/t9-,11+,12-,13+,14+,15+/m0/s1. The molecule has 30 heavy (non-hydrogen) atoms. The fourth-order valence-electron chi connectivity index (χ4n) is 2.76. The van der Waals surface area contributed by atoms with Crippen LogP contribution in [0.1, 0.15) is 36.9 Å². The number of rotatable bonds is 8. The first-order chi connectivity index (χ1) is 13.9. The molecule has 2 rings (SSSR count). The Morgan fingerprint density at radius 1 is 1.33 bits per heavy atom. The molecule has 1 saturated heterocycles. The van der Waals surface area contributed by atoms with E-state index in [1.165, 1.54) is 29.1 Å². The van der Waals surface area contributed by atoms with Crippen molar-refractivity contribution in [1.29, 1.82) is 0 Å². The van der Waals surface area contributed by atoms with Crippen LogP contribution in [0, 0.1) is 5.92 Å². The third-order valence-electron chi connectivity index (χ3n) is 4.82. The molecule has 1 aromatic heterocycles. The van der Waals surface area contributed by atoms with Crippen LogP contribution in [-0.2, 0) is 23.4 Å². The Labute approximate surface area is 172 Å². The van der Waals surface area contributed by atoms with E-state index in [-0.39, 0.29) is 11.5 Å². The Bertz CT molecular complexity index is 815. The molecule has 1 aliphatic rings. The highest BCUT2D eigenvalue weighted by Gasteiger charge is 2.49. The third kappa shape index (κ3) is 6.13. The van der Waals surface area contributed by atoms with Gasteiger partial charge in [0.1, 0.15) is 23.8 Å². The van der Waals surface area contributed by atoms with E-state index < -0.39 is 56.9 Å². The molecule has 0 radical (unpaired) electrons. The van der Waals surface area contributed by atoms with Crippen molar-refractivity contribution >= 4 is 19.8 Å². The first-order valence-electron chi connectivity index (χ1n) is 9.18. The molecule has 0 amide bonds. The average Bonchev–Trinajstić information content (AvgIpc) is 2.99. The van der Waals surface area contributed by atoms with E-state index in [0.29, 0.717) is 6.42 Å². The number of esters is 2. The van der Waals surface area contributed by atoms with Crippen LogP contribution in [0.2, 0.25) is 0 Å². The maximum atomic E-state index is 12.3. The van der Waals surface area contributed by atoms with Gasteiger partial charge in [0.15, 0.2) is 18.5 Å². The SMILES string of the molecule is CC[C@H](C)[C@H](N)C(=O)OC(=O)c1ccc[n+]([C@@H]2O[C@H](COP(=O)(O)O)[C@@H](O)[C@H]2O)c1. The van der Waals surface area contributed by atoms with Gasteiger partial charge in [-0.3, -0.25) is 4.52 Å². The predicted octanol–water partition coefficient (Wildman–Crippen LogP) is -1.24. The van der Waals surface area contributed by atoms with Crippen LogP contribution in [-0.4, -0.2) is 62.9 Å². The van der Waals surface area contributed by atoms with Crippen molar-refractivity contribution in [3.63, 3.8) is 0 Å². The number of hydrogen-bond acceptors (Lipinski definition) is 9. The quantitative estimate of drug-likeness (QED) is 0.138. The molecule has 6 N–H and O–H groups in total. The molecule has 0 bridgehead atoms. The number of phosphoric ester groups is 1. The van der Waals surface area contributed by atoms with Crippen molar-refractivity contribution in [3.05, 3.63) is 30.1 Å². The first kappa shape index (κ1) is 24.5. The van der Waals surface area contributed by atoms with E-state index in [0.717, 1.165) is 0 Å². The molecule has 0 aliphatic carbocycles. The van der Waals surface area contributed by atoms with E-state index >= 15 is 0 Å². The maximum Gasteiger partial charge on any atom is 0.469 e. The molecule has 1 aromatic rings. The van der Waals surface area contributed by atoms with Gasteiger partial charge in [-0.1, -0.05) is 20.3 Å². The van der Waals surface area contributed by atoms with Crippen molar-refractivity contribution in [1.82, 2.24) is 0 Å². The van der Waals surface area contributed by atoms with Crippen molar-refractivity contribution in [3.8, 4) is 0 Å². The maximum absolute atomic E-state index is 12.3. The van der Waals surface area contributed by atoms with Gasteiger partial charge < -0.3 is 35.2 Å². The molecule has 0 spiro atoms. The van der Waals surface area contributed by atoms with Crippen molar-refractivity contribution < 1.29 is 52.7 Å². The second-order valence-electron chi connectivity index (χ2n) is 6.99. The summed E-state index contributed by atoms with van der Waals surface area (Å²) in [6.45, 7) is 2.94. The van der Waals surface area contributed by atoms with Gasteiger partial charge in [-0.15, -0.1) is 0 Å². The summed E-state index contributed by atoms with van der Waals surface area (Å²) in [6, 6.07) is 1.84. The van der Waals surface area contributed by atoms with E-state index in [4.69, 9.17) is 25.0 Å². The zero-order valence-corrected chi connectivity index (χ0v) is 17.3. The molecule has 13 heteroatoms.